The lowest BCUT2D eigenvalue weighted by atomic mass is 10.2. The highest BCUT2D eigenvalue weighted by Gasteiger charge is 2.06. The van der Waals surface area contributed by atoms with E-state index >= 15 is 0 Å². The zero-order valence-electron chi connectivity index (χ0n) is 6.70. The van der Waals surface area contributed by atoms with Crippen LogP contribution in [0.4, 0.5) is 0 Å². The van der Waals surface area contributed by atoms with Crippen molar-refractivity contribution in [1.82, 2.24) is 0 Å². The van der Waals surface area contributed by atoms with E-state index in [2.05, 4.69) is 0 Å². The highest BCUT2D eigenvalue weighted by molar-refractivity contribution is 7.27. The molecule has 0 bridgehead atoms. The van der Waals surface area contributed by atoms with Crippen molar-refractivity contribution >= 4 is 37.8 Å². The molecule has 0 spiro atoms. The zero-order valence-corrected chi connectivity index (χ0v) is 8.34. The van der Waals surface area contributed by atoms with E-state index in [1.165, 1.54) is 9.40 Å². The topological polar surface area (TPSA) is 47.6 Å². The second-order valence-electron chi connectivity index (χ2n) is 2.57. The first kappa shape index (κ1) is 8.42. The van der Waals surface area contributed by atoms with Crippen LogP contribution in [-0.2, 0) is 0 Å². The fourth-order valence-corrected chi connectivity index (χ4v) is 3.14. The van der Waals surface area contributed by atoms with E-state index in [1.807, 2.05) is 23.6 Å². The molecule has 0 radical (unpaired) electrons. The summed E-state index contributed by atoms with van der Waals surface area (Å²) in [4.78, 5) is 0.920. The number of fused-ring (bicyclic) bond motifs is 1. The van der Waals surface area contributed by atoms with Crippen molar-refractivity contribution in [2.24, 2.45) is 0 Å². The Bertz CT molecular complexity index is 458. The minimum atomic E-state index is 0.202. The first-order chi connectivity index (χ1) is 6.31. The van der Waals surface area contributed by atoms with Gasteiger partial charge >= 0.3 is 0 Å². The lowest BCUT2D eigenvalue weighted by molar-refractivity contribution is 1.35. The molecule has 0 amide bonds. The van der Waals surface area contributed by atoms with Crippen LogP contribution in [0.25, 0.3) is 9.40 Å². The van der Waals surface area contributed by atoms with E-state index in [1.54, 1.807) is 22.7 Å². The SMILES string of the molecule is N#CCC(=N)c1cc2sccc2s1. The van der Waals surface area contributed by atoms with Gasteiger partial charge in [-0.25, -0.2) is 0 Å². The summed E-state index contributed by atoms with van der Waals surface area (Å²) < 4.78 is 2.42. The Balaban J connectivity index is 2.40. The number of hydrogen-bond acceptors (Lipinski definition) is 4. The minimum Gasteiger partial charge on any atom is -0.303 e. The highest BCUT2D eigenvalue weighted by atomic mass is 32.1. The zero-order chi connectivity index (χ0) is 9.26. The monoisotopic (exact) mass is 206 g/mol. The molecule has 2 nitrogen and oxygen atoms in total. The second-order valence-corrected chi connectivity index (χ2v) is 4.60. The number of nitrogens with one attached hydrogen (secondary N) is 1. The molecule has 2 rings (SSSR count). The average Bonchev–Trinajstić information content (AvgIpc) is 2.61. The Labute approximate surface area is 83.6 Å². The van der Waals surface area contributed by atoms with Gasteiger partial charge in [-0.1, -0.05) is 0 Å². The Kier molecular flexibility index (Phi) is 2.13. The normalized spacial score (nSPS) is 10.1. The minimum absolute atomic E-state index is 0.202. The first-order valence-corrected chi connectivity index (χ1v) is 5.42. The molecule has 0 atom stereocenters. The van der Waals surface area contributed by atoms with Crippen molar-refractivity contribution in [3.8, 4) is 6.07 Å². The van der Waals surface area contributed by atoms with Gasteiger partial charge in [-0.2, -0.15) is 5.26 Å². The summed E-state index contributed by atoms with van der Waals surface area (Å²) in [6.45, 7) is 0. The van der Waals surface area contributed by atoms with Crippen LogP contribution in [0.3, 0.4) is 0 Å². The van der Waals surface area contributed by atoms with Crippen LogP contribution in [0, 0.1) is 16.7 Å². The summed E-state index contributed by atoms with van der Waals surface area (Å²) in [5.74, 6) is 0. The van der Waals surface area contributed by atoms with Crippen LogP contribution in [0.1, 0.15) is 11.3 Å². The molecule has 2 aromatic rings. The molecular weight excluding hydrogens is 200 g/mol. The predicted octanol–water partition coefficient (Wildman–Crippen LogP) is 3.24. The van der Waals surface area contributed by atoms with E-state index in [4.69, 9.17) is 10.7 Å². The van der Waals surface area contributed by atoms with Crippen molar-refractivity contribution in [2.75, 3.05) is 0 Å². The van der Waals surface area contributed by atoms with Gasteiger partial charge in [0.25, 0.3) is 0 Å². The number of rotatable bonds is 2. The molecule has 4 heteroatoms. The van der Waals surface area contributed by atoms with Crippen LogP contribution in [0.5, 0.6) is 0 Å². The summed E-state index contributed by atoms with van der Waals surface area (Å²) in [5, 5.41) is 18.1. The number of hydrogen-bond donors (Lipinski definition) is 1. The molecule has 1 N–H and O–H groups in total. The van der Waals surface area contributed by atoms with Crippen LogP contribution in [-0.4, -0.2) is 5.71 Å². The van der Waals surface area contributed by atoms with Gasteiger partial charge in [-0.05, 0) is 17.5 Å². The maximum absolute atomic E-state index is 8.44. The van der Waals surface area contributed by atoms with E-state index in [-0.39, 0.29) is 6.42 Å². The molecule has 0 aliphatic carbocycles. The Hall–Kier alpha value is -1.18. The lowest BCUT2D eigenvalue weighted by Gasteiger charge is -1.90. The van der Waals surface area contributed by atoms with Crippen molar-refractivity contribution in [1.29, 1.82) is 10.7 Å². The van der Waals surface area contributed by atoms with E-state index in [0.29, 0.717) is 5.71 Å². The average molecular weight is 206 g/mol. The fourth-order valence-electron chi connectivity index (χ4n) is 1.08. The molecular formula is C9H6N2S2. The Morgan fingerprint density at radius 2 is 2.38 bits per heavy atom. The molecule has 2 heterocycles. The molecule has 2 aromatic heterocycles. The van der Waals surface area contributed by atoms with Gasteiger partial charge in [0.1, 0.15) is 0 Å². The maximum Gasteiger partial charge on any atom is 0.0781 e. The molecule has 0 unspecified atom stereocenters. The van der Waals surface area contributed by atoms with Crippen LogP contribution >= 0.6 is 22.7 Å². The standard InChI is InChI=1S/C9H6N2S2/c10-3-1-6(11)8-5-9-7(13-8)2-4-12-9/h2,4-5,11H,1H2. The summed E-state index contributed by atoms with van der Waals surface area (Å²) >= 11 is 3.26. The number of thiophene rings is 2. The molecule has 13 heavy (non-hydrogen) atoms. The Morgan fingerprint density at radius 3 is 3.08 bits per heavy atom. The molecule has 0 fully saturated rings. The van der Waals surface area contributed by atoms with Gasteiger partial charge in [0.15, 0.2) is 0 Å². The third-order valence-corrected chi connectivity index (χ3v) is 3.85. The van der Waals surface area contributed by atoms with Crippen molar-refractivity contribution in [3.63, 3.8) is 0 Å². The van der Waals surface area contributed by atoms with E-state index in [9.17, 15) is 0 Å². The van der Waals surface area contributed by atoms with Gasteiger partial charge in [0.2, 0.25) is 0 Å². The lowest BCUT2D eigenvalue weighted by Crippen LogP contribution is -1.92. The van der Waals surface area contributed by atoms with Crippen molar-refractivity contribution < 1.29 is 0 Å². The summed E-state index contributed by atoms with van der Waals surface area (Å²) in [6, 6.07) is 6.03. The molecule has 64 valence electrons. The predicted molar refractivity (Wildman–Crippen MR) is 56.8 cm³/mol. The van der Waals surface area contributed by atoms with Crippen molar-refractivity contribution in [3.05, 3.63) is 22.4 Å². The fraction of sp³-hybridized carbons (Fsp3) is 0.111. The maximum atomic E-state index is 8.44. The van der Waals surface area contributed by atoms with Gasteiger partial charge in [-0.15, -0.1) is 22.7 Å². The third-order valence-electron chi connectivity index (χ3n) is 1.69. The first-order valence-electron chi connectivity index (χ1n) is 3.73. The largest absolute Gasteiger partial charge is 0.303 e. The van der Waals surface area contributed by atoms with E-state index in [0.717, 1.165) is 4.88 Å². The quantitative estimate of drug-likeness (QED) is 0.753. The van der Waals surface area contributed by atoms with Gasteiger partial charge in [-0.3, -0.25) is 0 Å². The third kappa shape index (κ3) is 1.48. The van der Waals surface area contributed by atoms with Crippen LogP contribution in [0.15, 0.2) is 17.5 Å². The molecule has 0 saturated heterocycles. The number of nitrogens with zero attached hydrogens (tertiary/aromatic N) is 1. The summed E-state index contributed by atoms with van der Waals surface area (Å²) in [6.07, 6.45) is 0.202. The molecule has 0 aliphatic rings. The Morgan fingerprint density at radius 1 is 1.54 bits per heavy atom. The second kappa shape index (κ2) is 3.29. The molecule has 0 saturated carbocycles. The van der Waals surface area contributed by atoms with Gasteiger partial charge < -0.3 is 5.41 Å². The summed E-state index contributed by atoms with van der Waals surface area (Å²) in [5.41, 5.74) is 0.427. The highest BCUT2D eigenvalue weighted by Crippen LogP contribution is 2.30. The molecule has 0 aromatic carbocycles. The number of nitriles is 1. The molecule has 0 aliphatic heterocycles. The van der Waals surface area contributed by atoms with Crippen LogP contribution in [0.2, 0.25) is 0 Å². The van der Waals surface area contributed by atoms with Crippen molar-refractivity contribution in [2.45, 2.75) is 6.42 Å². The van der Waals surface area contributed by atoms with Gasteiger partial charge in [0, 0.05) is 9.40 Å². The van der Waals surface area contributed by atoms with Gasteiger partial charge in [0.05, 0.1) is 23.1 Å². The van der Waals surface area contributed by atoms with Crippen LogP contribution < -0.4 is 0 Å². The van der Waals surface area contributed by atoms with E-state index < -0.39 is 0 Å². The summed E-state index contributed by atoms with van der Waals surface area (Å²) in [7, 11) is 0. The smallest absolute Gasteiger partial charge is 0.0781 e.